The van der Waals surface area contributed by atoms with Gasteiger partial charge < -0.3 is 10.0 Å². The summed E-state index contributed by atoms with van der Waals surface area (Å²) in [5.74, 6) is 0.132. The first-order chi connectivity index (χ1) is 11.6. The number of rotatable bonds is 5. The molecule has 2 aromatic rings. The van der Waals surface area contributed by atoms with Crippen LogP contribution in [0, 0.1) is 0 Å². The van der Waals surface area contributed by atoms with Crippen LogP contribution in [0.1, 0.15) is 38.2 Å². The molecule has 1 aromatic carbocycles. The molecule has 1 fully saturated rings. The van der Waals surface area contributed by atoms with Crippen LogP contribution in [-0.4, -0.2) is 44.4 Å². The molecule has 0 bridgehead atoms. The van der Waals surface area contributed by atoms with Crippen LogP contribution in [-0.2, 0) is 11.2 Å². The quantitative estimate of drug-likeness (QED) is 0.918. The fourth-order valence-electron chi connectivity index (χ4n) is 3.37. The maximum atomic E-state index is 12.6. The molecule has 2 atom stereocenters. The van der Waals surface area contributed by atoms with Gasteiger partial charge in [0.05, 0.1) is 24.0 Å². The molecule has 1 aromatic heterocycles. The van der Waals surface area contributed by atoms with Gasteiger partial charge in [0, 0.05) is 19.2 Å². The second-order valence-corrected chi connectivity index (χ2v) is 6.52. The van der Waals surface area contributed by atoms with E-state index < -0.39 is 6.10 Å². The number of piperidine rings is 1. The third kappa shape index (κ3) is 3.85. The standard InChI is InChI=1S/C19H25N3O2/c1-15(23)18-9-5-6-12-21(18)19(24)11-10-16-13-20-22(14-16)17-7-3-2-4-8-17/h2-4,7-8,13-15,18,23H,5-6,9-12H2,1H3. The summed E-state index contributed by atoms with van der Waals surface area (Å²) in [5.41, 5.74) is 2.07. The SMILES string of the molecule is CC(O)C1CCCCN1C(=O)CCc1cnn(-c2ccccc2)c1. The first-order valence-corrected chi connectivity index (χ1v) is 8.71. The summed E-state index contributed by atoms with van der Waals surface area (Å²) in [6, 6.07) is 9.91. The number of hydrogen-bond donors (Lipinski definition) is 1. The molecule has 1 N–H and O–H groups in total. The molecule has 2 unspecified atom stereocenters. The Balaban J connectivity index is 1.59. The highest BCUT2D eigenvalue weighted by Gasteiger charge is 2.29. The van der Waals surface area contributed by atoms with Crippen LogP contribution in [0.5, 0.6) is 0 Å². The molecule has 24 heavy (non-hydrogen) atoms. The summed E-state index contributed by atoms with van der Waals surface area (Å²) in [6.45, 7) is 2.54. The van der Waals surface area contributed by atoms with Crippen molar-refractivity contribution in [1.82, 2.24) is 14.7 Å². The van der Waals surface area contributed by atoms with Gasteiger partial charge in [-0.05, 0) is 50.3 Å². The molecular formula is C19H25N3O2. The first kappa shape index (κ1) is 16.7. The Hall–Kier alpha value is -2.14. The third-order valence-electron chi connectivity index (χ3n) is 4.71. The molecule has 1 amide bonds. The van der Waals surface area contributed by atoms with E-state index in [0.717, 1.165) is 37.1 Å². The lowest BCUT2D eigenvalue weighted by atomic mass is 9.97. The third-order valence-corrected chi connectivity index (χ3v) is 4.71. The van der Waals surface area contributed by atoms with Crippen LogP contribution < -0.4 is 0 Å². The Labute approximate surface area is 142 Å². The average molecular weight is 327 g/mol. The van der Waals surface area contributed by atoms with Crippen molar-refractivity contribution >= 4 is 5.91 Å². The van der Waals surface area contributed by atoms with Crippen molar-refractivity contribution in [3.05, 3.63) is 48.3 Å². The van der Waals surface area contributed by atoms with Gasteiger partial charge in [-0.3, -0.25) is 4.79 Å². The van der Waals surface area contributed by atoms with E-state index in [1.807, 2.05) is 52.3 Å². The van der Waals surface area contributed by atoms with Crippen molar-refractivity contribution in [1.29, 1.82) is 0 Å². The molecular weight excluding hydrogens is 302 g/mol. The van der Waals surface area contributed by atoms with E-state index >= 15 is 0 Å². The van der Waals surface area contributed by atoms with Gasteiger partial charge >= 0.3 is 0 Å². The zero-order valence-corrected chi connectivity index (χ0v) is 14.1. The van der Waals surface area contributed by atoms with E-state index in [1.165, 1.54) is 0 Å². The van der Waals surface area contributed by atoms with E-state index in [-0.39, 0.29) is 11.9 Å². The molecule has 0 radical (unpaired) electrons. The maximum Gasteiger partial charge on any atom is 0.223 e. The molecule has 5 nitrogen and oxygen atoms in total. The van der Waals surface area contributed by atoms with Gasteiger partial charge in [-0.25, -0.2) is 4.68 Å². The van der Waals surface area contributed by atoms with Crippen LogP contribution in [0.4, 0.5) is 0 Å². The summed E-state index contributed by atoms with van der Waals surface area (Å²) >= 11 is 0. The number of aliphatic hydroxyl groups excluding tert-OH is 1. The summed E-state index contributed by atoms with van der Waals surface area (Å²) in [7, 11) is 0. The van der Waals surface area contributed by atoms with Crippen molar-refractivity contribution < 1.29 is 9.90 Å². The minimum Gasteiger partial charge on any atom is -0.391 e. The molecule has 3 rings (SSSR count). The smallest absolute Gasteiger partial charge is 0.223 e. The van der Waals surface area contributed by atoms with E-state index in [2.05, 4.69) is 5.10 Å². The number of aryl methyl sites for hydroxylation is 1. The van der Waals surface area contributed by atoms with Gasteiger partial charge in [-0.15, -0.1) is 0 Å². The van der Waals surface area contributed by atoms with Gasteiger partial charge in [0.25, 0.3) is 0 Å². The Bertz CT molecular complexity index is 666. The minimum absolute atomic E-state index is 0.0294. The van der Waals surface area contributed by atoms with Crippen molar-refractivity contribution in [2.45, 2.75) is 51.2 Å². The summed E-state index contributed by atoms with van der Waals surface area (Å²) < 4.78 is 1.83. The van der Waals surface area contributed by atoms with Crippen molar-refractivity contribution in [2.75, 3.05) is 6.54 Å². The number of carbonyl (C=O) groups is 1. The number of carbonyl (C=O) groups excluding carboxylic acids is 1. The van der Waals surface area contributed by atoms with Crippen molar-refractivity contribution in [2.24, 2.45) is 0 Å². The summed E-state index contributed by atoms with van der Waals surface area (Å²) in [6.07, 6.45) is 7.49. The Morgan fingerprint density at radius 3 is 2.88 bits per heavy atom. The first-order valence-electron chi connectivity index (χ1n) is 8.71. The normalized spacial score (nSPS) is 19.2. The number of hydrogen-bond acceptors (Lipinski definition) is 3. The number of benzene rings is 1. The number of nitrogens with zero attached hydrogens (tertiary/aromatic N) is 3. The van der Waals surface area contributed by atoms with Crippen LogP contribution in [0.2, 0.25) is 0 Å². The predicted octanol–water partition coefficient (Wildman–Crippen LogP) is 2.57. The Morgan fingerprint density at radius 1 is 1.33 bits per heavy atom. The van der Waals surface area contributed by atoms with E-state index in [0.29, 0.717) is 12.8 Å². The Morgan fingerprint density at radius 2 is 2.12 bits per heavy atom. The van der Waals surface area contributed by atoms with Crippen LogP contribution in [0.3, 0.4) is 0 Å². The lowest BCUT2D eigenvalue weighted by molar-refractivity contribution is -0.137. The second-order valence-electron chi connectivity index (χ2n) is 6.52. The molecule has 1 aliphatic rings. The van der Waals surface area contributed by atoms with Crippen molar-refractivity contribution in [3.63, 3.8) is 0 Å². The van der Waals surface area contributed by atoms with Crippen LogP contribution in [0.25, 0.3) is 5.69 Å². The highest BCUT2D eigenvalue weighted by Crippen LogP contribution is 2.21. The Kier molecular flexibility index (Phi) is 5.30. The zero-order chi connectivity index (χ0) is 16.9. The summed E-state index contributed by atoms with van der Waals surface area (Å²) in [4.78, 5) is 14.4. The second kappa shape index (κ2) is 7.62. The predicted molar refractivity (Wildman–Crippen MR) is 92.9 cm³/mol. The number of likely N-dealkylation sites (tertiary alicyclic amines) is 1. The fraction of sp³-hybridized carbons (Fsp3) is 0.474. The monoisotopic (exact) mass is 327 g/mol. The molecule has 1 aliphatic heterocycles. The molecule has 128 valence electrons. The van der Waals surface area contributed by atoms with Gasteiger partial charge in [0.15, 0.2) is 0 Å². The lowest BCUT2D eigenvalue weighted by Gasteiger charge is -2.37. The fourth-order valence-corrected chi connectivity index (χ4v) is 3.37. The maximum absolute atomic E-state index is 12.6. The molecule has 5 heteroatoms. The number of aliphatic hydroxyl groups is 1. The van der Waals surface area contributed by atoms with Crippen LogP contribution in [0.15, 0.2) is 42.7 Å². The lowest BCUT2D eigenvalue weighted by Crippen LogP contribution is -2.48. The highest BCUT2D eigenvalue weighted by molar-refractivity contribution is 5.77. The largest absolute Gasteiger partial charge is 0.391 e. The number of amides is 1. The van der Waals surface area contributed by atoms with E-state index in [4.69, 9.17) is 0 Å². The molecule has 0 aliphatic carbocycles. The number of aromatic nitrogens is 2. The van der Waals surface area contributed by atoms with E-state index in [9.17, 15) is 9.90 Å². The van der Waals surface area contributed by atoms with Gasteiger partial charge in [0.2, 0.25) is 5.91 Å². The van der Waals surface area contributed by atoms with Gasteiger partial charge in [0.1, 0.15) is 0 Å². The van der Waals surface area contributed by atoms with E-state index in [1.54, 1.807) is 6.92 Å². The van der Waals surface area contributed by atoms with Gasteiger partial charge in [-0.2, -0.15) is 5.10 Å². The van der Waals surface area contributed by atoms with Crippen LogP contribution >= 0.6 is 0 Å². The molecule has 1 saturated heterocycles. The molecule has 0 saturated carbocycles. The molecule has 0 spiro atoms. The minimum atomic E-state index is -0.463. The van der Waals surface area contributed by atoms with Gasteiger partial charge in [-0.1, -0.05) is 18.2 Å². The highest BCUT2D eigenvalue weighted by atomic mass is 16.3. The molecule has 2 heterocycles. The zero-order valence-electron chi connectivity index (χ0n) is 14.1. The summed E-state index contributed by atoms with van der Waals surface area (Å²) in [5, 5.41) is 14.3. The topological polar surface area (TPSA) is 58.4 Å². The van der Waals surface area contributed by atoms with Crippen molar-refractivity contribution in [3.8, 4) is 5.69 Å². The average Bonchev–Trinajstić information content (AvgIpc) is 3.09. The number of para-hydroxylation sites is 1.